The van der Waals surface area contributed by atoms with Gasteiger partial charge in [0.25, 0.3) is 6.23 Å². The number of para-hydroxylation sites is 1. The Labute approximate surface area is 157 Å². The van der Waals surface area contributed by atoms with E-state index in [9.17, 15) is 4.79 Å². The van der Waals surface area contributed by atoms with E-state index >= 15 is 0 Å². The number of anilines is 1. The molecule has 0 spiro atoms. The molecule has 27 heavy (non-hydrogen) atoms. The number of esters is 1. The number of hydrogen-bond donors (Lipinski definition) is 0. The molecule has 0 bridgehead atoms. The maximum absolute atomic E-state index is 12.5. The van der Waals surface area contributed by atoms with Crippen molar-refractivity contribution in [2.45, 2.75) is 12.0 Å². The number of carbonyl (C=O) groups is 1. The Bertz CT molecular complexity index is 860. The average molecular weight is 361 g/mol. The predicted molar refractivity (Wildman–Crippen MR) is 101 cm³/mol. The van der Waals surface area contributed by atoms with E-state index in [1.807, 2.05) is 95.9 Å². The van der Waals surface area contributed by atoms with E-state index in [-0.39, 0.29) is 0 Å². The molecule has 0 N–H and O–H groups in total. The minimum absolute atomic E-state index is 0.535. The lowest BCUT2D eigenvalue weighted by Gasteiger charge is -2.38. The van der Waals surface area contributed by atoms with Crippen LogP contribution in [0.15, 0.2) is 91.0 Å². The first-order valence-corrected chi connectivity index (χ1v) is 8.65. The Morgan fingerprint density at radius 1 is 0.852 bits per heavy atom. The Hall–Kier alpha value is -3.15. The summed E-state index contributed by atoms with van der Waals surface area (Å²) < 4.78 is 4.97. The molecule has 1 heterocycles. The third-order valence-electron chi connectivity index (χ3n) is 4.60. The van der Waals surface area contributed by atoms with Crippen LogP contribution >= 0.6 is 0 Å². The van der Waals surface area contributed by atoms with E-state index in [4.69, 9.17) is 14.5 Å². The molecule has 4 rings (SSSR count). The van der Waals surface area contributed by atoms with E-state index < -0.39 is 17.9 Å². The van der Waals surface area contributed by atoms with Crippen LogP contribution in [0.25, 0.3) is 0 Å². The first-order valence-electron chi connectivity index (χ1n) is 8.65. The van der Waals surface area contributed by atoms with Crippen molar-refractivity contribution < 1.29 is 19.3 Å². The summed E-state index contributed by atoms with van der Waals surface area (Å²) in [4.78, 5) is 25.8. The lowest BCUT2D eigenvalue weighted by atomic mass is 9.92. The van der Waals surface area contributed by atoms with Crippen LogP contribution in [0.3, 0.4) is 0 Å². The highest BCUT2D eigenvalue weighted by Crippen LogP contribution is 2.46. The van der Waals surface area contributed by atoms with Gasteiger partial charge in [-0.15, -0.1) is 0 Å². The maximum atomic E-state index is 12.5. The van der Waals surface area contributed by atoms with Crippen LogP contribution in [0.2, 0.25) is 0 Å². The largest absolute Gasteiger partial charge is 0.466 e. The van der Waals surface area contributed by atoms with Gasteiger partial charge < -0.3 is 4.74 Å². The van der Waals surface area contributed by atoms with Gasteiger partial charge in [0.2, 0.25) is 5.72 Å². The summed E-state index contributed by atoms with van der Waals surface area (Å²) in [5, 5.41) is 0. The van der Waals surface area contributed by atoms with Crippen molar-refractivity contribution in [3.63, 3.8) is 0 Å². The fourth-order valence-corrected chi connectivity index (χ4v) is 3.38. The summed E-state index contributed by atoms with van der Waals surface area (Å²) in [5.41, 5.74) is 1.32. The molecule has 1 unspecified atom stereocenters. The zero-order chi connectivity index (χ0) is 18.7. The van der Waals surface area contributed by atoms with Crippen LogP contribution in [-0.2, 0) is 25.0 Å². The molecule has 3 aromatic carbocycles. The summed E-state index contributed by atoms with van der Waals surface area (Å²) in [6, 6.07) is 28.9. The van der Waals surface area contributed by atoms with Crippen LogP contribution in [0.1, 0.15) is 11.1 Å². The Kier molecular flexibility index (Phi) is 4.62. The Morgan fingerprint density at radius 3 is 1.81 bits per heavy atom. The highest BCUT2D eigenvalue weighted by Gasteiger charge is 2.55. The van der Waals surface area contributed by atoms with Crippen molar-refractivity contribution in [3.05, 3.63) is 102 Å². The molecule has 3 aromatic rings. The second-order valence-corrected chi connectivity index (χ2v) is 6.14. The monoisotopic (exact) mass is 361 g/mol. The molecule has 0 aromatic heterocycles. The van der Waals surface area contributed by atoms with Crippen molar-refractivity contribution in [1.82, 2.24) is 0 Å². The van der Waals surface area contributed by atoms with Crippen LogP contribution in [0.4, 0.5) is 5.69 Å². The molecule has 1 aliphatic rings. The smallest absolute Gasteiger partial charge is 0.359 e. The van der Waals surface area contributed by atoms with Crippen molar-refractivity contribution >= 4 is 11.7 Å². The lowest BCUT2D eigenvalue weighted by Crippen LogP contribution is -2.50. The topological polar surface area (TPSA) is 48.0 Å². The van der Waals surface area contributed by atoms with Crippen molar-refractivity contribution in [3.8, 4) is 0 Å². The first-order chi connectivity index (χ1) is 13.3. The SMILES string of the molecule is COC(=O)C1OOC(c2ccccc2)(c2ccccc2)N1c1ccccc1. The number of hydrogen-bond acceptors (Lipinski definition) is 5. The number of carbonyl (C=O) groups excluding carboxylic acids is 1. The highest BCUT2D eigenvalue weighted by molar-refractivity contribution is 5.80. The summed E-state index contributed by atoms with van der Waals surface area (Å²) >= 11 is 0. The van der Waals surface area contributed by atoms with Crippen LogP contribution in [0, 0.1) is 0 Å². The minimum Gasteiger partial charge on any atom is -0.466 e. The average Bonchev–Trinajstić information content (AvgIpc) is 3.16. The van der Waals surface area contributed by atoms with Crippen LogP contribution in [-0.4, -0.2) is 19.3 Å². The molecule has 5 nitrogen and oxygen atoms in total. The lowest BCUT2D eigenvalue weighted by molar-refractivity contribution is -0.318. The predicted octanol–water partition coefficient (Wildman–Crippen LogP) is 3.86. The van der Waals surface area contributed by atoms with Crippen LogP contribution in [0.5, 0.6) is 0 Å². The number of ether oxygens (including phenoxy) is 1. The maximum Gasteiger partial charge on any atom is 0.359 e. The number of methoxy groups -OCH3 is 1. The Morgan fingerprint density at radius 2 is 1.33 bits per heavy atom. The molecule has 1 fully saturated rings. The molecule has 0 aliphatic carbocycles. The van der Waals surface area contributed by atoms with E-state index in [0.717, 1.165) is 16.8 Å². The number of benzene rings is 3. The molecular weight excluding hydrogens is 342 g/mol. The second kappa shape index (κ2) is 7.23. The third kappa shape index (κ3) is 2.87. The van der Waals surface area contributed by atoms with Gasteiger partial charge in [-0.2, -0.15) is 9.78 Å². The molecule has 0 radical (unpaired) electrons. The van der Waals surface area contributed by atoms with Crippen molar-refractivity contribution in [2.24, 2.45) is 0 Å². The van der Waals surface area contributed by atoms with Crippen molar-refractivity contribution in [1.29, 1.82) is 0 Å². The molecule has 0 amide bonds. The number of nitrogens with zero attached hydrogens (tertiary/aromatic N) is 1. The second-order valence-electron chi connectivity index (χ2n) is 6.14. The fourth-order valence-electron chi connectivity index (χ4n) is 3.38. The van der Waals surface area contributed by atoms with Crippen molar-refractivity contribution in [2.75, 3.05) is 12.0 Å². The molecule has 0 saturated carbocycles. The fraction of sp³-hybridized carbons (Fsp3) is 0.136. The highest BCUT2D eigenvalue weighted by atomic mass is 17.2. The summed E-state index contributed by atoms with van der Waals surface area (Å²) in [6.07, 6.45) is -1.04. The van der Waals surface area contributed by atoms with Gasteiger partial charge in [0, 0.05) is 16.8 Å². The van der Waals surface area contributed by atoms with E-state index in [1.165, 1.54) is 7.11 Å². The van der Waals surface area contributed by atoms with Gasteiger partial charge >= 0.3 is 5.97 Å². The molecule has 1 atom stereocenters. The Balaban J connectivity index is 1.97. The summed E-state index contributed by atoms with van der Waals surface area (Å²) in [5.74, 6) is -0.535. The van der Waals surface area contributed by atoms with E-state index in [2.05, 4.69) is 0 Å². The minimum atomic E-state index is -1.14. The number of rotatable bonds is 4. The normalized spacial score (nSPS) is 18.3. The van der Waals surface area contributed by atoms with Gasteiger partial charge in [0.15, 0.2) is 0 Å². The standard InChI is InChI=1S/C22H19NO4/c1-25-21(24)20-23(19-15-9-4-10-16-19)22(27-26-20,17-11-5-2-6-12-17)18-13-7-3-8-14-18/h2-16,20H,1H3. The van der Waals surface area contributed by atoms with Gasteiger partial charge in [-0.05, 0) is 12.1 Å². The van der Waals surface area contributed by atoms with Gasteiger partial charge in [-0.1, -0.05) is 78.9 Å². The zero-order valence-electron chi connectivity index (χ0n) is 14.8. The summed E-state index contributed by atoms with van der Waals surface area (Å²) in [6.45, 7) is 0. The molecule has 136 valence electrons. The van der Waals surface area contributed by atoms with Crippen LogP contribution < -0.4 is 4.90 Å². The first kappa shape index (κ1) is 17.3. The van der Waals surface area contributed by atoms with E-state index in [1.54, 1.807) is 0 Å². The quantitative estimate of drug-likeness (QED) is 0.522. The van der Waals surface area contributed by atoms with Gasteiger partial charge in [0.1, 0.15) is 0 Å². The molecule has 1 aliphatic heterocycles. The molecule has 5 heteroatoms. The van der Waals surface area contributed by atoms with Gasteiger partial charge in [0.05, 0.1) is 7.11 Å². The third-order valence-corrected chi connectivity index (χ3v) is 4.60. The van der Waals surface area contributed by atoms with Gasteiger partial charge in [-0.25, -0.2) is 4.79 Å². The summed E-state index contributed by atoms with van der Waals surface area (Å²) in [7, 11) is 1.33. The van der Waals surface area contributed by atoms with E-state index in [0.29, 0.717) is 0 Å². The molecule has 1 saturated heterocycles. The zero-order valence-corrected chi connectivity index (χ0v) is 14.8. The molecular formula is C22H19NO4. The van der Waals surface area contributed by atoms with Gasteiger partial charge in [-0.3, -0.25) is 4.90 Å².